The number of thioether (sulfide) groups is 1. The van der Waals surface area contributed by atoms with E-state index in [-0.39, 0.29) is 0 Å². The first-order valence-corrected chi connectivity index (χ1v) is 9.79. The fourth-order valence-electron chi connectivity index (χ4n) is 1.90. The zero-order valence-electron chi connectivity index (χ0n) is 10.9. The lowest BCUT2D eigenvalue weighted by Crippen LogP contribution is -2.22. The Morgan fingerprint density at radius 2 is 2.16 bits per heavy atom. The molecule has 0 fully saturated rings. The van der Waals surface area contributed by atoms with Crippen LogP contribution in [0.25, 0.3) is 0 Å². The van der Waals surface area contributed by atoms with Crippen LogP contribution in [0, 0.1) is 0 Å². The Hall–Kier alpha value is -0.0000000000000000278. The summed E-state index contributed by atoms with van der Waals surface area (Å²) < 4.78 is 0.862. The van der Waals surface area contributed by atoms with Crippen LogP contribution in [0.1, 0.15) is 28.6 Å². The Balaban J connectivity index is 1.96. The summed E-state index contributed by atoms with van der Waals surface area (Å²) in [5.41, 5.74) is 0. The van der Waals surface area contributed by atoms with Gasteiger partial charge in [0.2, 0.25) is 0 Å². The van der Waals surface area contributed by atoms with E-state index in [0.717, 1.165) is 10.9 Å². The van der Waals surface area contributed by atoms with Gasteiger partial charge in [0.25, 0.3) is 0 Å². The van der Waals surface area contributed by atoms with E-state index in [1.165, 1.54) is 28.3 Å². The maximum Gasteiger partial charge on any atom is 0.0931 e. The smallest absolute Gasteiger partial charge is 0.0931 e. The quantitative estimate of drug-likeness (QED) is 0.660. The molecule has 0 aliphatic carbocycles. The predicted molar refractivity (Wildman–Crippen MR) is 91.1 cm³/mol. The Morgan fingerprint density at radius 3 is 2.79 bits per heavy atom. The van der Waals surface area contributed by atoms with E-state index < -0.39 is 0 Å². The summed E-state index contributed by atoms with van der Waals surface area (Å²) in [6.45, 7) is 1.05. The summed E-state index contributed by atoms with van der Waals surface area (Å²) in [5, 5.41) is 5.80. The molecule has 19 heavy (non-hydrogen) atoms. The normalized spacial score (nSPS) is 12.7. The van der Waals surface area contributed by atoms with E-state index in [1.807, 2.05) is 17.8 Å². The van der Waals surface area contributed by atoms with Crippen LogP contribution in [0.4, 0.5) is 0 Å². The molecule has 0 spiro atoms. The number of nitrogens with one attached hydrogen (secondary N) is 1. The van der Waals surface area contributed by atoms with Crippen LogP contribution in [-0.2, 0) is 0 Å². The van der Waals surface area contributed by atoms with E-state index in [2.05, 4.69) is 35.2 Å². The van der Waals surface area contributed by atoms with E-state index in [4.69, 9.17) is 11.6 Å². The lowest BCUT2D eigenvalue weighted by atomic mass is 10.2. The number of hydrogen-bond donors (Lipinski definition) is 1. The molecule has 1 atom stereocenters. The Morgan fingerprint density at radius 1 is 1.26 bits per heavy atom. The fourth-order valence-corrected chi connectivity index (χ4v) is 4.44. The maximum absolute atomic E-state index is 6.06. The molecule has 0 radical (unpaired) electrons. The van der Waals surface area contributed by atoms with Crippen LogP contribution < -0.4 is 5.32 Å². The third-order valence-electron chi connectivity index (χ3n) is 2.83. The molecule has 0 saturated carbocycles. The number of rotatable bonds is 8. The topological polar surface area (TPSA) is 12.0 Å². The third-order valence-corrected chi connectivity index (χ3v) is 5.76. The molecule has 2 rings (SSSR count). The highest BCUT2D eigenvalue weighted by molar-refractivity contribution is 7.98. The van der Waals surface area contributed by atoms with Crippen molar-refractivity contribution in [3.05, 3.63) is 43.7 Å². The molecule has 0 bridgehead atoms. The van der Waals surface area contributed by atoms with Gasteiger partial charge in [0, 0.05) is 9.75 Å². The number of hydrogen-bond acceptors (Lipinski definition) is 4. The number of thiophene rings is 2. The van der Waals surface area contributed by atoms with Gasteiger partial charge in [-0.3, -0.25) is 0 Å². The Labute approximate surface area is 132 Å². The molecule has 0 aromatic carbocycles. The first-order valence-electron chi connectivity index (χ1n) is 6.32. The van der Waals surface area contributed by atoms with Crippen molar-refractivity contribution < 1.29 is 0 Å². The zero-order chi connectivity index (χ0) is 13.5. The van der Waals surface area contributed by atoms with Crippen LogP contribution in [0.5, 0.6) is 0 Å². The van der Waals surface area contributed by atoms with Crippen molar-refractivity contribution in [2.75, 3.05) is 18.6 Å². The van der Waals surface area contributed by atoms with Crippen LogP contribution in [0.2, 0.25) is 4.34 Å². The van der Waals surface area contributed by atoms with Crippen molar-refractivity contribution in [2.45, 2.75) is 18.9 Å². The molecule has 2 aromatic heterocycles. The van der Waals surface area contributed by atoms with E-state index in [0.29, 0.717) is 6.04 Å². The van der Waals surface area contributed by atoms with E-state index in [1.54, 1.807) is 22.7 Å². The van der Waals surface area contributed by atoms with Crippen molar-refractivity contribution in [2.24, 2.45) is 0 Å². The van der Waals surface area contributed by atoms with Crippen LogP contribution >= 0.6 is 46.0 Å². The molecule has 1 nitrogen and oxygen atoms in total. The van der Waals surface area contributed by atoms with Gasteiger partial charge >= 0.3 is 0 Å². The molecule has 5 heteroatoms. The van der Waals surface area contributed by atoms with Crippen molar-refractivity contribution in [1.29, 1.82) is 0 Å². The van der Waals surface area contributed by atoms with Gasteiger partial charge in [-0.2, -0.15) is 11.8 Å². The predicted octanol–water partition coefficient (Wildman–Crippen LogP) is 5.29. The summed E-state index contributed by atoms with van der Waals surface area (Å²) >= 11 is 11.4. The number of unbranched alkanes of at least 4 members (excludes halogenated alkanes) is 1. The molecule has 2 aromatic rings. The van der Waals surface area contributed by atoms with Gasteiger partial charge in [-0.05, 0) is 55.0 Å². The monoisotopic (exact) mass is 331 g/mol. The average molecular weight is 332 g/mol. The Bertz CT molecular complexity index is 467. The molecule has 104 valence electrons. The Kier molecular flexibility index (Phi) is 6.74. The van der Waals surface area contributed by atoms with Crippen molar-refractivity contribution >= 4 is 46.0 Å². The van der Waals surface area contributed by atoms with E-state index >= 15 is 0 Å². The van der Waals surface area contributed by atoms with Gasteiger partial charge in [0.05, 0.1) is 10.4 Å². The molecule has 2 heterocycles. The molecule has 0 aliphatic rings. The first-order chi connectivity index (χ1) is 9.31. The second kappa shape index (κ2) is 8.32. The lowest BCUT2D eigenvalue weighted by molar-refractivity contribution is 0.592. The summed E-state index contributed by atoms with van der Waals surface area (Å²) in [5.74, 6) is 1.25. The standard InChI is InChI=1S/C14H18ClNS3/c1-17-9-3-2-8-16-14(11-5-4-10-18-11)12-6-7-13(15)19-12/h4-7,10,14,16H,2-3,8-9H2,1H3. The van der Waals surface area contributed by atoms with Gasteiger partial charge in [-0.25, -0.2) is 0 Å². The SMILES string of the molecule is CSCCCCNC(c1cccs1)c1ccc(Cl)s1. The lowest BCUT2D eigenvalue weighted by Gasteiger charge is -2.16. The molecule has 0 saturated heterocycles. The van der Waals surface area contributed by atoms with Gasteiger partial charge in [-0.1, -0.05) is 17.7 Å². The molecule has 0 amide bonds. The minimum Gasteiger partial charge on any atom is -0.305 e. The van der Waals surface area contributed by atoms with Gasteiger partial charge in [0.15, 0.2) is 0 Å². The summed E-state index contributed by atoms with van der Waals surface area (Å²) in [6.07, 6.45) is 4.66. The third kappa shape index (κ3) is 4.80. The highest BCUT2D eigenvalue weighted by Crippen LogP contribution is 2.32. The van der Waals surface area contributed by atoms with Crippen LogP contribution in [-0.4, -0.2) is 18.6 Å². The summed E-state index contributed by atoms with van der Waals surface area (Å²) in [7, 11) is 0. The van der Waals surface area contributed by atoms with E-state index in [9.17, 15) is 0 Å². The first kappa shape index (κ1) is 15.4. The highest BCUT2D eigenvalue weighted by atomic mass is 35.5. The van der Waals surface area contributed by atoms with Gasteiger partial charge < -0.3 is 5.32 Å². The van der Waals surface area contributed by atoms with Gasteiger partial charge in [0.1, 0.15) is 0 Å². The second-order valence-corrected chi connectivity index (χ2v) is 7.96. The van der Waals surface area contributed by atoms with Crippen LogP contribution in [0.15, 0.2) is 29.6 Å². The van der Waals surface area contributed by atoms with Gasteiger partial charge in [-0.15, -0.1) is 22.7 Å². The minimum absolute atomic E-state index is 0.298. The van der Waals surface area contributed by atoms with Crippen molar-refractivity contribution in [3.8, 4) is 0 Å². The molecular formula is C14H18ClNS3. The zero-order valence-corrected chi connectivity index (χ0v) is 14.1. The highest BCUT2D eigenvalue weighted by Gasteiger charge is 2.16. The average Bonchev–Trinajstić information content (AvgIpc) is 3.05. The molecular weight excluding hydrogens is 314 g/mol. The van der Waals surface area contributed by atoms with Crippen molar-refractivity contribution in [3.63, 3.8) is 0 Å². The minimum atomic E-state index is 0.298. The molecule has 0 aliphatic heterocycles. The molecule has 1 N–H and O–H groups in total. The largest absolute Gasteiger partial charge is 0.305 e. The number of halogens is 1. The maximum atomic E-state index is 6.06. The molecule has 1 unspecified atom stereocenters. The second-order valence-electron chi connectivity index (χ2n) is 4.24. The van der Waals surface area contributed by atoms with Crippen LogP contribution in [0.3, 0.4) is 0 Å². The van der Waals surface area contributed by atoms with Crippen molar-refractivity contribution in [1.82, 2.24) is 5.32 Å². The summed E-state index contributed by atoms with van der Waals surface area (Å²) in [4.78, 5) is 2.67. The fraction of sp³-hybridized carbons (Fsp3) is 0.429. The summed E-state index contributed by atoms with van der Waals surface area (Å²) in [6, 6.07) is 8.71.